The average Bonchev–Trinajstić information content (AvgIpc) is 2.39. The molecule has 0 fully saturated rings. The van der Waals surface area contributed by atoms with E-state index < -0.39 is 0 Å². The second-order valence-electron chi connectivity index (χ2n) is 4.73. The van der Waals surface area contributed by atoms with Crippen LogP contribution in [0.15, 0.2) is 36.7 Å². The molecule has 0 aliphatic rings. The van der Waals surface area contributed by atoms with Crippen molar-refractivity contribution in [1.82, 2.24) is 10.3 Å². The lowest BCUT2D eigenvalue weighted by atomic mass is 10.2. The van der Waals surface area contributed by atoms with Gasteiger partial charge >= 0.3 is 0 Å². The first-order valence-corrected chi connectivity index (χ1v) is 6.72. The zero-order valence-electron chi connectivity index (χ0n) is 11.4. The van der Waals surface area contributed by atoms with Gasteiger partial charge in [0.1, 0.15) is 17.3 Å². The van der Waals surface area contributed by atoms with Gasteiger partial charge in [-0.05, 0) is 18.2 Å². The Kier molecular flexibility index (Phi) is 4.93. The molecule has 106 valence electrons. The quantitative estimate of drug-likeness (QED) is 0.899. The lowest BCUT2D eigenvalue weighted by Gasteiger charge is -2.13. The third-order valence-corrected chi connectivity index (χ3v) is 2.84. The lowest BCUT2D eigenvalue weighted by molar-refractivity contribution is 0.464. The van der Waals surface area contributed by atoms with Gasteiger partial charge in [0.25, 0.3) is 0 Å². The van der Waals surface area contributed by atoms with Gasteiger partial charge in [0, 0.05) is 30.4 Å². The van der Waals surface area contributed by atoms with Crippen molar-refractivity contribution in [3.63, 3.8) is 0 Å². The molecule has 1 aromatic heterocycles. The van der Waals surface area contributed by atoms with Crippen LogP contribution in [0.4, 0.5) is 4.39 Å². The Hall–Kier alpha value is -1.65. The molecule has 0 spiro atoms. The predicted molar refractivity (Wildman–Crippen MR) is 77.7 cm³/mol. The molecule has 2 aromatic rings. The number of hydrogen-bond acceptors (Lipinski definition) is 3. The molecule has 0 radical (unpaired) electrons. The zero-order valence-corrected chi connectivity index (χ0v) is 12.1. The predicted octanol–water partition coefficient (Wildman–Crippen LogP) is 4.16. The number of nitrogens with one attached hydrogen (secondary N) is 1. The molecule has 20 heavy (non-hydrogen) atoms. The van der Waals surface area contributed by atoms with E-state index in [1.807, 2.05) is 13.8 Å². The average molecular weight is 295 g/mol. The summed E-state index contributed by atoms with van der Waals surface area (Å²) >= 11 is 5.86. The van der Waals surface area contributed by atoms with Crippen LogP contribution in [0.3, 0.4) is 0 Å². The van der Waals surface area contributed by atoms with Crippen molar-refractivity contribution < 1.29 is 9.13 Å². The van der Waals surface area contributed by atoms with Crippen LogP contribution >= 0.6 is 11.6 Å². The van der Waals surface area contributed by atoms with Crippen LogP contribution in [-0.2, 0) is 6.54 Å². The molecule has 5 heteroatoms. The zero-order chi connectivity index (χ0) is 14.5. The minimum Gasteiger partial charge on any atom is -0.455 e. The Morgan fingerprint density at radius 3 is 2.80 bits per heavy atom. The van der Waals surface area contributed by atoms with Crippen molar-refractivity contribution in [2.45, 2.75) is 26.4 Å². The number of ether oxygens (including phenoxy) is 1. The summed E-state index contributed by atoms with van der Waals surface area (Å²) in [6.07, 6.45) is 3.09. The summed E-state index contributed by atoms with van der Waals surface area (Å²) in [5.41, 5.74) is 0.749. The largest absolute Gasteiger partial charge is 0.455 e. The number of aromatic nitrogens is 1. The van der Waals surface area contributed by atoms with Crippen molar-refractivity contribution in [3.05, 3.63) is 53.1 Å². The molecule has 0 bridgehead atoms. The van der Waals surface area contributed by atoms with Crippen LogP contribution in [0.25, 0.3) is 0 Å². The maximum Gasteiger partial charge on any atom is 0.147 e. The Bertz CT molecular complexity index is 590. The van der Waals surface area contributed by atoms with E-state index in [1.165, 1.54) is 18.3 Å². The molecule has 0 saturated carbocycles. The first-order valence-electron chi connectivity index (χ1n) is 6.35. The van der Waals surface area contributed by atoms with Crippen molar-refractivity contribution in [3.8, 4) is 11.5 Å². The monoisotopic (exact) mass is 294 g/mol. The molecule has 0 aliphatic carbocycles. The third kappa shape index (κ3) is 4.18. The van der Waals surface area contributed by atoms with Gasteiger partial charge in [-0.15, -0.1) is 0 Å². The second kappa shape index (κ2) is 6.68. The highest BCUT2D eigenvalue weighted by Crippen LogP contribution is 2.27. The van der Waals surface area contributed by atoms with E-state index in [1.54, 1.807) is 18.3 Å². The van der Waals surface area contributed by atoms with E-state index in [4.69, 9.17) is 16.3 Å². The molecule has 1 heterocycles. The first kappa shape index (κ1) is 14.8. The SMILES string of the molecule is CC(C)NCc1cc(F)ccc1Oc1cncc(Cl)c1. The van der Waals surface area contributed by atoms with Crippen LogP contribution in [0.2, 0.25) is 5.02 Å². The number of nitrogens with zero attached hydrogens (tertiary/aromatic N) is 1. The summed E-state index contributed by atoms with van der Waals surface area (Å²) in [5.74, 6) is 0.820. The van der Waals surface area contributed by atoms with Crippen LogP contribution in [0, 0.1) is 5.82 Å². The fourth-order valence-corrected chi connectivity index (χ4v) is 1.84. The number of pyridine rings is 1. The Labute approximate surface area is 122 Å². The van der Waals surface area contributed by atoms with Crippen LogP contribution < -0.4 is 10.1 Å². The smallest absolute Gasteiger partial charge is 0.147 e. The number of halogens is 2. The molecule has 0 aliphatic heterocycles. The van der Waals surface area contributed by atoms with Crippen molar-refractivity contribution >= 4 is 11.6 Å². The summed E-state index contributed by atoms with van der Waals surface area (Å²) in [6.45, 7) is 4.58. The minimum atomic E-state index is -0.290. The summed E-state index contributed by atoms with van der Waals surface area (Å²) in [5, 5.41) is 3.73. The van der Waals surface area contributed by atoms with Crippen LogP contribution in [-0.4, -0.2) is 11.0 Å². The number of rotatable bonds is 5. The fourth-order valence-electron chi connectivity index (χ4n) is 1.67. The highest BCUT2D eigenvalue weighted by atomic mass is 35.5. The van der Waals surface area contributed by atoms with Crippen molar-refractivity contribution in [1.29, 1.82) is 0 Å². The maximum atomic E-state index is 13.4. The molecule has 0 amide bonds. The van der Waals surface area contributed by atoms with E-state index >= 15 is 0 Å². The molecule has 1 N–H and O–H groups in total. The van der Waals surface area contributed by atoms with E-state index in [9.17, 15) is 4.39 Å². The summed E-state index contributed by atoms with van der Waals surface area (Å²) in [4.78, 5) is 3.96. The van der Waals surface area contributed by atoms with Gasteiger partial charge in [-0.3, -0.25) is 4.98 Å². The van der Waals surface area contributed by atoms with Crippen LogP contribution in [0.1, 0.15) is 19.4 Å². The topological polar surface area (TPSA) is 34.1 Å². The highest BCUT2D eigenvalue weighted by Gasteiger charge is 2.08. The van der Waals surface area contributed by atoms with Crippen molar-refractivity contribution in [2.24, 2.45) is 0 Å². The number of benzene rings is 1. The molecule has 0 unspecified atom stereocenters. The van der Waals surface area contributed by atoms with Gasteiger partial charge in [-0.25, -0.2) is 4.39 Å². The molecule has 1 aromatic carbocycles. The summed E-state index contributed by atoms with van der Waals surface area (Å²) in [6, 6.07) is 6.40. The van der Waals surface area contributed by atoms with Gasteiger partial charge in [-0.2, -0.15) is 0 Å². The fraction of sp³-hybridized carbons (Fsp3) is 0.267. The van der Waals surface area contributed by atoms with Gasteiger partial charge in [-0.1, -0.05) is 25.4 Å². The van der Waals surface area contributed by atoms with Crippen molar-refractivity contribution in [2.75, 3.05) is 0 Å². The molecule has 0 saturated heterocycles. The molecule has 2 rings (SSSR count). The Morgan fingerprint density at radius 1 is 1.30 bits per heavy atom. The Morgan fingerprint density at radius 2 is 2.10 bits per heavy atom. The molecular weight excluding hydrogens is 279 g/mol. The van der Waals surface area contributed by atoms with E-state index in [-0.39, 0.29) is 5.82 Å². The van der Waals surface area contributed by atoms with Gasteiger partial charge in [0.2, 0.25) is 0 Å². The van der Waals surface area contributed by atoms with Gasteiger partial charge in [0.05, 0.1) is 11.2 Å². The van der Waals surface area contributed by atoms with E-state index in [0.717, 1.165) is 5.56 Å². The molecule has 0 atom stereocenters. The molecular formula is C15H16ClFN2O. The second-order valence-corrected chi connectivity index (χ2v) is 5.17. The van der Waals surface area contributed by atoms with E-state index in [2.05, 4.69) is 10.3 Å². The Balaban J connectivity index is 2.21. The minimum absolute atomic E-state index is 0.290. The lowest BCUT2D eigenvalue weighted by Crippen LogP contribution is -2.22. The third-order valence-electron chi connectivity index (χ3n) is 2.63. The summed E-state index contributed by atoms with van der Waals surface area (Å²) in [7, 11) is 0. The standard InChI is InChI=1S/C15H16ClFN2O/c1-10(2)19-7-11-5-13(17)3-4-15(11)20-14-6-12(16)8-18-9-14/h3-6,8-10,19H,7H2,1-2H3. The van der Waals surface area contributed by atoms with Crippen LogP contribution in [0.5, 0.6) is 11.5 Å². The first-order chi connectivity index (χ1) is 9.54. The number of hydrogen-bond donors (Lipinski definition) is 1. The van der Waals surface area contributed by atoms with Gasteiger partial charge in [0.15, 0.2) is 0 Å². The molecule has 3 nitrogen and oxygen atoms in total. The van der Waals surface area contributed by atoms with Gasteiger partial charge < -0.3 is 10.1 Å². The summed E-state index contributed by atoms with van der Waals surface area (Å²) < 4.78 is 19.1. The maximum absolute atomic E-state index is 13.4. The van der Waals surface area contributed by atoms with E-state index in [0.29, 0.717) is 29.1 Å². The highest BCUT2D eigenvalue weighted by molar-refractivity contribution is 6.30. The normalized spacial score (nSPS) is 10.8.